The second-order valence-electron chi connectivity index (χ2n) is 20.2. The van der Waals surface area contributed by atoms with Gasteiger partial charge in [0.15, 0.2) is 0 Å². The average molecular weight is 846 g/mol. The molecule has 0 saturated heterocycles. The molecule has 0 amide bonds. The van der Waals surface area contributed by atoms with Crippen molar-refractivity contribution < 1.29 is 0 Å². The van der Waals surface area contributed by atoms with Gasteiger partial charge in [0.05, 0.1) is 11.1 Å². The first kappa shape index (κ1) is 38.9. The van der Waals surface area contributed by atoms with Gasteiger partial charge < -0.3 is 4.90 Å². The molecule has 66 heavy (non-hydrogen) atoms. The summed E-state index contributed by atoms with van der Waals surface area (Å²) in [6.07, 6.45) is 2.29. The number of rotatable bonds is 5. The van der Waals surface area contributed by atoms with Crippen LogP contribution in [0.5, 0.6) is 0 Å². The lowest BCUT2D eigenvalue weighted by Crippen LogP contribution is -2.34. The second kappa shape index (κ2) is 14.3. The van der Waals surface area contributed by atoms with Gasteiger partial charge in [-0.2, -0.15) is 0 Å². The van der Waals surface area contributed by atoms with Gasteiger partial charge in [-0.3, -0.25) is 0 Å². The normalized spacial score (nSPS) is 15.5. The number of para-hydroxylation sites is 1. The van der Waals surface area contributed by atoms with E-state index in [0.717, 1.165) is 24.2 Å². The number of nitrogens with zero attached hydrogens (tertiary/aromatic N) is 1. The zero-order valence-corrected chi connectivity index (χ0v) is 38.1. The molecule has 0 aliphatic heterocycles. The predicted octanol–water partition coefficient (Wildman–Crippen LogP) is 17.5. The first-order chi connectivity index (χ1) is 32.2. The Kier molecular flexibility index (Phi) is 8.41. The molecule has 0 heterocycles. The van der Waals surface area contributed by atoms with E-state index in [1.807, 2.05) is 0 Å². The molecule has 0 bridgehead atoms. The van der Waals surface area contributed by atoms with Gasteiger partial charge in [-0.05, 0) is 160 Å². The van der Waals surface area contributed by atoms with E-state index >= 15 is 0 Å². The Morgan fingerprint density at radius 1 is 0.333 bits per heavy atom. The maximum atomic E-state index is 2.61. The molecule has 3 aliphatic carbocycles. The molecule has 13 rings (SSSR count). The first-order valence-electron chi connectivity index (χ1n) is 23.7. The van der Waals surface area contributed by atoms with Crippen molar-refractivity contribution in [1.82, 2.24) is 0 Å². The van der Waals surface area contributed by atoms with Gasteiger partial charge in [0, 0.05) is 16.9 Å². The van der Waals surface area contributed by atoms with Crippen molar-refractivity contribution in [1.29, 1.82) is 0 Å². The topological polar surface area (TPSA) is 3.24 Å². The van der Waals surface area contributed by atoms with Crippen LogP contribution in [-0.4, -0.2) is 0 Å². The fourth-order valence-corrected chi connectivity index (χ4v) is 12.6. The van der Waals surface area contributed by atoms with Crippen molar-refractivity contribution in [3.05, 3.63) is 246 Å². The minimum atomic E-state index is -0.488. The van der Waals surface area contributed by atoms with Crippen molar-refractivity contribution in [3.8, 4) is 44.5 Å². The summed E-state index contributed by atoms with van der Waals surface area (Å²) < 4.78 is 0. The van der Waals surface area contributed by atoms with Gasteiger partial charge in [-0.15, -0.1) is 0 Å². The molecule has 1 nitrogen and oxygen atoms in total. The third-order valence-electron chi connectivity index (χ3n) is 15.7. The Labute approximate surface area is 388 Å². The minimum Gasteiger partial charge on any atom is -0.310 e. The van der Waals surface area contributed by atoms with E-state index < -0.39 is 5.41 Å². The van der Waals surface area contributed by atoms with Crippen molar-refractivity contribution in [2.75, 3.05) is 4.90 Å². The van der Waals surface area contributed by atoms with Gasteiger partial charge in [-0.1, -0.05) is 198 Å². The number of benzene rings is 10. The quantitative estimate of drug-likeness (QED) is 0.156. The summed E-state index contributed by atoms with van der Waals surface area (Å²) in [6.45, 7) is 9.84. The minimum absolute atomic E-state index is 0.0190. The number of fused-ring (bicyclic) bond motifs is 14. The van der Waals surface area contributed by atoms with E-state index in [2.05, 4.69) is 245 Å². The molecular weight excluding hydrogens is 795 g/mol. The third kappa shape index (κ3) is 5.47. The highest BCUT2D eigenvalue weighted by Crippen LogP contribution is 2.65. The average Bonchev–Trinajstić information content (AvgIpc) is 3.82. The van der Waals surface area contributed by atoms with Crippen LogP contribution in [0.2, 0.25) is 0 Å². The Balaban J connectivity index is 1.15. The van der Waals surface area contributed by atoms with E-state index in [1.54, 1.807) is 0 Å². The summed E-state index contributed by atoms with van der Waals surface area (Å²) in [5.41, 5.74) is 21.6. The Bertz CT molecular complexity index is 3560. The van der Waals surface area contributed by atoms with Crippen molar-refractivity contribution in [3.63, 3.8) is 0 Å². The molecule has 3 aliphatic rings. The van der Waals surface area contributed by atoms with Crippen LogP contribution in [0, 0.1) is 0 Å². The number of anilines is 3. The van der Waals surface area contributed by atoms with E-state index in [-0.39, 0.29) is 10.8 Å². The Morgan fingerprint density at radius 2 is 0.864 bits per heavy atom. The van der Waals surface area contributed by atoms with Crippen LogP contribution in [0.3, 0.4) is 0 Å². The highest BCUT2D eigenvalue weighted by molar-refractivity contribution is 6.14. The second-order valence-corrected chi connectivity index (χ2v) is 20.2. The van der Waals surface area contributed by atoms with Crippen LogP contribution in [0.25, 0.3) is 66.1 Å². The standard InChI is InChI=1S/C65H51N/c1-63(2)36-37-64(3,4)62-52(31-19-35-59(62)63)55-40-54-51-30-14-17-34-58(51)65(56-32-15-12-28-49(56)50-29-13-16-33-57(50)65)60(54)41-61(55)66(44-22-6-5-7-23-44)45-24-18-21-42(38-45)53-39-43-20-8-9-25-46(43)47-26-10-11-27-48(47)53/h5-35,38-41H,36-37H2,1-4H3. The van der Waals surface area contributed by atoms with Crippen LogP contribution in [-0.2, 0) is 16.2 Å². The van der Waals surface area contributed by atoms with Gasteiger partial charge in [0.1, 0.15) is 0 Å². The van der Waals surface area contributed by atoms with Crippen molar-refractivity contribution in [2.45, 2.75) is 56.8 Å². The highest BCUT2D eigenvalue weighted by atomic mass is 15.1. The Hall–Kier alpha value is -7.48. The van der Waals surface area contributed by atoms with E-state index in [9.17, 15) is 0 Å². The predicted molar refractivity (Wildman–Crippen MR) is 279 cm³/mol. The van der Waals surface area contributed by atoms with E-state index in [1.165, 1.54) is 105 Å². The highest BCUT2D eigenvalue weighted by Gasteiger charge is 2.52. The molecule has 0 N–H and O–H groups in total. The largest absolute Gasteiger partial charge is 0.310 e. The van der Waals surface area contributed by atoms with Gasteiger partial charge in [0.2, 0.25) is 0 Å². The fraction of sp³-hybridized carbons (Fsp3) is 0.138. The molecule has 0 atom stereocenters. The maximum absolute atomic E-state index is 2.61. The molecule has 0 saturated carbocycles. The SMILES string of the molecule is CC1(C)CCC(C)(C)c2c(-c3cc4c(cc3N(c3ccccc3)c3cccc(-c5cc6ccccc6c6ccccc56)c3)C3(c5ccccc5-c5ccccc53)c3ccccc3-4)cccc21. The molecule has 0 fully saturated rings. The van der Waals surface area contributed by atoms with Crippen LogP contribution in [0.1, 0.15) is 73.9 Å². The monoisotopic (exact) mass is 845 g/mol. The summed E-state index contributed by atoms with van der Waals surface area (Å²) in [7, 11) is 0. The van der Waals surface area contributed by atoms with Crippen LogP contribution >= 0.6 is 0 Å². The lowest BCUT2D eigenvalue weighted by atomic mass is 9.61. The van der Waals surface area contributed by atoms with Crippen LogP contribution in [0.15, 0.2) is 212 Å². The zero-order chi connectivity index (χ0) is 44.4. The molecule has 0 aromatic heterocycles. The molecule has 1 spiro atoms. The molecule has 10 aromatic carbocycles. The molecule has 1 heteroatoms. The van der Waals surface area contributed by atoms with E-state index in [4.69, 9.17) is 0 Å². The number of hydrogen-bond acceptors (Lipinski definition) is 1. The molecular formula is C65H51N. The zero-order valence-electron chi connectivity index (χ0n) is 38.1. The summed E-state index contributed by atoms with van der Waals surface area (Å²) in [4.78, 5) is 2.56. The molecule has 0 unspecified atom stereocenters. The maximum Gasteiger partial charge on any atom is 0.0726 e. The van der Waals surface area contributed by atoms with Crippen LogP contribution < -0.4 is 4.90 Å². The summed E-state index contributed by atoms with van der Waals surface area (Å²) in [5.74, 6) is 0. The van der Waals surface area contributed by atoms with Crippen molar-refractivity contribution >= 4 is 38.6 Å². The molecule has 316 valence electrons. The summed E-state index contributed by atoms with van der Waals surface area (Å²) in [5, 5.41) is 5.07. The van der Waals surface area contributed by atoms with Crippen LogP contribution in [0.4, 0.5) is 17.1 Å². The van der Waals surface area contributed by atoms with Gasteiger partial charge in [0.25, 0.3) is 0 Å². The fourth-order valence-electron chi connectivity index (χ4n) is 12.6. The third-order valence-corrected chi connectivity index (χ3v) is 15.7. The first-order valence-corrected chi connectivity index (χ1v) is 23.7. The van der Waals surface area contributed by atoms with Gasteiger partial charge in [-0.25, -0.2) is 0 Å². The molecule has 10 aromatic rings. The lowest BCUT2D eigenvalue weighted by Gasteiger charge is -2.43. The Morgan fingerprint density at radius 3 is 1.58 bits per heavy atom. The summed E-state index contributed by atoms with van der Waals surface area (Å²) in [6, 6.07) is 80.4. The van der Waals surface area contributed by atoms with E-state index in [0.29, 0.717) is 0 Å². The van der Waals surface area contributed by atoms with Gasteiger partial charge >= 0.3 is 0 Å². The summed E-state index contributed by atoms with van der Waals surface area (Å²) >= 11 is 0. The lowest BCUT2D eigenvalue weighted by molar-refractivity contribution is 0.333. The number of hydrogen-bond donors (Lipinski definition) is 0. The smallest absolute Gasteiger partial charge is 0.0726 e. The van der Waals surface area contributed by atoms with Crippen molar-refractivity contribution in [2.24, 2.45) is 0 Å². The molecule has 0 radical (unpaired) electrons.